The lowest BCUT2D eigenvalue weighted by atomic mass is 9.89. The van der Waals surface area contributed by atoms with E-state index in [4.69, 9.17) is 4.74 Å². The third kappa shape index (κ3) is 6.23. The highest BCUT2D eigenvalue weighted by molar-refractivity contribution is 7.89. The first-order chi connectivity index (χ1) is 14.2. The van der Waals surface area contributed by atoms with Crippen molar-refractivity contribution >= 4 is 21.8 Å². The fraction of sp³-hybridized carbons (Fsp3) is 0.600. The molecule has 1 aliphatic heterocycles. The number of hydrogen-bond donors (Lipinski definition) is 2. The molecule has 0 saturated carbocycles. The van der Waals surface area contributed by atoms with Crippen LogP contribution < -0.4 is 10.6 Å². The molecule has 1 atom stereocenters. The number of piperidine rings is 1. The van der Waals surface area contributed by atoms with Gasteiger partial charge in [0.15, 0.2) is 0 Å². The molecule has 1 aliphatic rings. The first-order valence-corrected chi connectivity index (χ1v) is 11.5. The molecule has 0 unspecified atom stereocenters. The summed E-state index contributed by atoms with van der Waals surface area (Å²) in [7, 11) is -1.84. The largest absolute Gasteiger partial charge is 0.383 e. The van der Waals surface area contributed by atoms with Crippen LogP contribution in [0.3, 0.4) is 0 Å². The second kappa shape index (κ2) is 10.8. The van der Waals surface area contributed by atoms with Gasteiger partial charge >= 0.3 is 0 Å². The quantitative estimate of drug-likeness (QED) is 0.557. The molecule has 0 aliphatic carbocycles. The van der Waals surface area contributed by atoms with Crippen LogP contribution in [-0.4, -0.2) is 69.2 Å². The van der Waals surface area contributed by atoms with Crippen molar-refractivity contribution in [1.82, 2.24) is 14.9 Å². The van der Waals surface area contributed by atoms with Gasteiger partial charge in [0.2, 0.25) is 15.9 Å². The van der Waals surface area contributed by atoms with E-state index in [0.717, 1.165) is 0 Å². The summed E-state index contributed by atoms with van der Waals surface area (Å²) in [6.07, 6.45) is 0.885. The Labute approximate surface area is 177 Å². The monoisotopic (exact) mass is 443 g/mol. The van der Waals surface area contributed by atoms with E-state index in [2.05, 4.69) is 10.6 Å². The Morgan fingerprint density at radius 1 is 1.20 bits per heavy atom. The van der Waals surface area contributed by atoms with Crippen LogP contribution in [0.4, 0.5) is 4.39 Å². The molecular formula is C20H30FN3O5S. The number of benzene rings is 1. The van der Waals surface area contributed by atoms with Crippen molar-refractivity contribution in [2.45, 2.75) is 38.0 Å². The van der Waals surface area contributed by atoms with Crippen LogP contribution in [0.2, 0.25) is 0 Å². The summed E-state index contributed by atoms with van der Waals surface area (Å²) < 4.78 is 44.3. The number of ether oxygens (including phenoxy) is 1. The van der Waals surface area contributed by atoms with Gasteiger partial charge in [-0.3, -0.25) is 9.59 Å². The summed E-state index contributed by atoms with van der Waals surface area (Å²) in [4.78, 5) is 25.4. The summed E-state index contributed by atoms with van der Waals surface area (Å²) in [5, 5.41) is 4.97. The second-order valence-corrected chi connectivity index (χ2v) is 10.1. The van der Waals surface area contributed by atoms with Gasteiger partial charge in [0.05, 0.1) is 11.9 Å². The van der Waals surface area contributed by atoms with Crippen molar-refractivity contribution in [2.75, 3.05) is 33.4 Å². The Hall–Kier alpha value is -2.04. The zero-order valence-electron chi connectivity index (χ0n) is 17.6. The van der Waals surface area contributed by atoms with Gasteiger partial charge in [0.1, 0.15) is 11.9 Å². The van der Waals surface area contributed by atoms with Crippen LogP contribution in [0.15, 0.2) is 24.3 Å². The van der Waals surface area contributed by atoms with Crippen molar-refractivity contribution in [2.24, 2.45) is 5.92 Å². The number of nitrogens with zero attached hydrogens (tertiary/aromatic N) is 1. The lowest BCUT2D eigenvalue weighted by molar-refractivity contribution is -0.124. The highest BCUT2D eigenvalue weighted by Crippen LogP contribution is 2.24. The average molecular weight is 444 g/mol. The number of hydrogen-bond acceptors (Lipinski definition) is 5. The van der Waals surface area contributed by atoms with E-state index < -0.39 is 33.0 Å². The van der Waals surface area contributed by atoms with E-state index in [0.29, 0.717) is 39.1 Å². The minimum Gasteiger partial charge on any atom is -0.383 e. The van der Waals surface area contributed by atoms with Gasteiger partial charge in [0, 0.05) is 32.3 Å². The van der Waals surface area contributed by atoms with Gasteiger partial charge < -0.3 is 15.4 Å². The second-order valence-electron chi connectivity index (χ2n) is 7.57. The van der Waals surface area contributed by atoms with Crippen LogP contribution >= 0.6 is 0 Å². The normalized spacial score (nSPS) is 17.0. The Bertz CT molecular complexity index is 821. The fourth-order valence-corrected chi connectivity index (χ4v) is 4.69. The van der Waals surface area contributed by atoms with E-state index in [1.165, 1.54) is 35.7 Å². The standard InChI is InChI=1S/C20H30FN3O5S/c1-14(2)30(27,28)24-11-8-15(9-12-24)18(20(26)22-10-13-29-3)23-19(25)16-4-6-17(21)7-5-16/h4-7,14-15,18H,8-13H2,1-3H3,(H,22,26)(H,23,25)/t18-/m1/s1. The number of carbonyl (C=O) groups is 2. The minimum atomic E-state index is -3.36. The van der Waals surface area contributed by atoms with Crippen LogP contribution in [0, 0.1) is 11.7 Å². The molecule has 1 fully saturated rings. The van der Waals surface area contributed by atoms with Crippen LogP contribution in [0.5, 0.6) is 0 Å². The van der Waals surface area contributed by atoms with E-state index >= 15 is 0 Å². The molecule has 8 nitrogen and oxygen atoms in total. The third-order valence-corrected chi connectivity index (χ3v) is 7.48. The Morgan fingerprint density at radius 2 is 1.80 bits per heavy atom. The fourth-order valence-electron chi connectivity index (χ4n) is 3.37. The molecule has 1 aromatic carbocycles. The van der Waals surface area contributed by atoms with Crippen molar-refractivity contribution < 1.29 is 27.1 Å². The maximum absolute atomic E-state index is 13.1. The summed E-state index contributed by atoms with van der Waals surface area (Å²) >= 11 is 0. The van der Waals surface area contributed by atoms with Gasteiger partial charge in [-0.1, -0.05) is 0 Å². The first-order valence-electron chi connectivity index (χ1n) is 9.99. The summed E-state index contributed by atoms with van der Waals surface area (Å²) in [6, 6.07) is 4.23. The van der Waals surface area contributed by atoms with Gasteiger partial charge in [0.25, 0.3) is 5.91 Å². The van der Waals surface area contributed by atoms with E-state index in [1.807, 2.05) is 0 Å². The lowest BCUT2D eigenvalue weighted by Gasteiger charge is -2.35. The highest BCUT2D eigenvalue weighted by atomic mass is 32.2. The molecule has 0 aromatic heterocycles. The molecule has 168 valence electrons. The molecule has 1 saturated heterocycles. The number of methoxy groups -OCH3 is 1. The number of amides is 2. The van der Waals surface area contributed by atoms with E-state index in [9.17, 15) is 22.4 Å². The Balaban J connectivity index is 2.11. The summed E-state index contributed by atoms with van der Waals surface area (Å²) in [5.74, 6) is -1.53. The number of halogens is 1. The topological polar surface area (TPSA) is 105 Å². The molecule has 30 heavy (non-hydrogen) atoms. The number of carbonyl (C=O) groups excluding carboxylic acids is 2. The average Bonchev–Trinajstić information content (AvgIpc) is 2.72. The van der Waals surface area contributed by atoms with E-state index in [-0.39, 0.29) is 17.4 Å². The summed E-state index contributed by atoms with van der Waals surface area (Å²) in [6.45, 7) is 4.47. The third-order valence-electron chi connectivity index (χ3n) is 5.21. The van der Waals surface area contributed by atoms with Gasteiger partial charge in [-0.2, -0.15) is 0 Å². The molecule has 10 heteroatoms. The van der Waals surface area contributed by atoms with Gasteiger partial charge in [-0.15, -0.1) is 0 Å². The molecular weight excluding hydrogens is 413 g/mol. The molecule has 1 aromatic rings. The lowest BCUT2D eigenvalue weighted by Crippen LogP contribution is -2.54. The minimum absolute atomic E-state index is 0.226. The maximum Gasteiger partial charge on any atom is 0.251 e. The van der Waals surface area contributed by atoms with Crippen molar-refractivity contribution in [3.05, 3.63) is 35.6 Å². The Morgan fingerprint density at radius 3 is 2.33 bits per heavy atom. The highest BCUT2D eigenvalue weighted by Gasteiger charge is 2.36. The van der Waals surface area contributed by atoms with Gasteiger partial charge in [-0.05, 0) is 56.9 Å². The van der Waals surface area contributed by atoms with Gasteiger partial charge in [-0.25, -0.2) is 17.1 Å². The van der Waals surface area contributed by atoms with Crippen molar-refractivity contribution in [1.29, 1.82) is 0 Å². The van der Waals surface area contributed by atoms with E-state index in [1.54, 1.807) is 13.8 Å². The number of rotatable bonds is 9. The van der Waals surface area contributed by atoms with Crippen LogP contribution in [-0.2, 0) is 19.6 Å². The van der Waals surface area contributed by atoms with Crippen LogP contribution in [0.25, 0.3) is 0 Å². The Kier molecular flexibility index (Phi) is 8.75. The van der Waals surface area contributed by atoms with Crippen molar-refractivity contribution in [3.63, 3.8) is 0 Å². The molecule has 2 N–H and O–H groups in total. The zero-order chi connectivity index (χ0) is 22.3. The van der Waals surface area contributed by atoms with Crippen LogP contribution in [0.1, 0.15) is 37.0 Å². The molecule has 0 radical (unpaired) electrons. The number of nitrogens with one attached hydrogen (secondary N) is 2. The maximum atomic E-state index is 13.1. The predicted molar refractivity (Wildman–Crippen MR) is 111 cm³/mol. The smallest absolute Gasteiger partial charge is 0.251 e. The predicted octanol–water partition coefficient (Wildman–Crippen LogP) is 1.14. The molecule has 2 amide bonds. The van der Waals surface area contributed by atoms with Crippen molar-refractivity contribution in [3.8, 4) is 0 Å². The molecule has 2 rings (SSSR count). The molecule has 0 spiro atoms. The molecule has 0 bridgehead atoms. The zero-order valence-corrected chi connectivity index (χ0v) is 18.4. The molecule has 1 heterocycles. The number of sulfonamides is 1. The summed E-state index contributed by atoms with van der Waals surface area (Å²) in [5.41, 5.74) is 0.242. The SMILES string of the molecule is COCCNC(=O)[C@H](NC(=O)c1ccc(F)cc1)C1CCN(S(=O)(=O)C(C)C)CC1. The first kappa shape index (κ1) is 24.2.